The average molecular weight is 186 g/mol. The highest BCUT2D eigenvalue weighted by Crippen LogP contribution is 2.34. The SMILES string of the molecule is Cc1sc(C(C)(C)C)c(F)c1C. The molecule has 12 heavy (non-hydrogen) atoms. The Morgan fingerprint density at radius 2 is 1.67 bits per heavy atom. The lowest BCUT2D eigenvalue weighted by atomic mass is 9.94. The maximum Gasteiger partial charge on any atom is 0.140 e. The lowest BCUT2D eigenvalue weighted by molar-refractivity contribution is 0.534. The van der Waals surface area contributed by atoms with Crippen LogP contribution < -0.4 is 0 Å². The molecule has 0 radical (unpaired) electrons. The molecule has 2 heteroatoms. The molecule has 0 unspecified atom stereocenters. The van der Waals surface area contributed by atoms with Crippen LogP contribution in [0.5, 0.6) is 0 Å². The topological polar surface area (TPSA) is 0 Å². The largest absolute Gasteiger partial charge is 0.205 e. The van der Waals surface area contributed by atoms with E-state index in [-0.39, 0.29) is 11.2 Å². The van der Waals surface area contributed by atoms with Gasteiger partial charge in [0, 0.05) is 9.75 Å². The standard InChI is InChI=1S/C10H15FS/c1-6-7(2)12-9(8(6)11)10(3,4)5/h1-5H3. The Labute approximate surface area is 77.4 Å². The molecule has 0 fully saturated rings. The van der Waals surface area contributed by atoms with E-state index in [1.54, 1.807) is 11.3 Å². The Morgan fingerprint density at radius 1 is 1.17 bits per heavy atom. The van der Waals surface area contributed by atoms with Crippen LogP contribution in [0.1, 0.15) is 36.1 Å². The molecular weight excluding hydrogens is 171 g/mol. The number of halogens is 1. The predicted octanol–water partition coefficient (Wildman–Crippen LogP) is 3.80. The fourth-order valence-electron chi connectivity index (χ4n) is 1.08. The zero-order chi connectivity index (χ0) is 9.52. The molecule has 0 aliphatic carbocycles. The molecule has 0 aliphatic heterocycles. The van der Waals surface area contributed by atoms with Crippen molar-refractivity contribution in [1.29, 1.82) is 0 Å². The number of hydrogen-bond acceptors (Lipinski definition) is 1. The van der Waals surface area contributed by atoms with Gasteiger partial charge >= 0.3 is 0 Å². The van der Waals surface area contributed by atoms with Crippen molar-refractivity contribution in [2.45, 2.75) is 40.0 Å². The van der Waals surface area contributed by atoms with Crippen LogP contribution in [0.4, 0.5) is 4.39 Å². The third kappa shape index (κ3) is 1.53. The van der Waals surface area contributed by atoms with E-state index in [1.807, 2.05) is 34.6 Å². The van der Waals surface area contributed by atoms with Crippen molar-refractivity contribution >= 4 is 11.3 Å². The number of hydrogen-bond donors (Lipinski definition) is 0. The minimum Gasteiger partial charge on any atom is -0.205 e. The van der Waals surface area contributed by atoms with Crippen molar-refractivity contribution in [3.8, 4) is 0 Å². The van der Waals surface area contributed by atoms with Crippen molar-refractivity contribution in [3.05, 3.63) is 21.1 Å². The number of rotatable bonds is 0. The molecule has 0 saturated heterocycles. The van der Waals surface area contributed by atoms with Gasteiger partial charge in [0.1, 0.15) is 5.82 Å². The van der Waals surface area contributed by atoms with Crippen molar-refractivity contribution in [2.75, 3.05) is 0 Å². The van der Waals surface area contributed by atoms with Gasteiger partial charge in [-0.3, -0.25) is 0 Å². The molecule has 1 aromatic rings. The quantitative estimate of drug-likeness (QED) is 0.578. The first-order valence-corrected chi connectivity index (χ1v) is 4.91. The normalized spacial score (nSPS) is 12.2. The molecule has 1 rings (SSSR count). The summed E-state index contributed by atoms with van der Waals surface area (Å²) in [6.45, 7) is 9.94. The summed E-state index contributed by atoms with van der Waals surface area (Å²) in [4.78, 5) is 1.97. The third-order valence-electron chi connectivity index (χ3n) is 1.99. The van der Waals surface area contributed by atoms with E-state index < -0.39 is 0 Å². The second-order valence-electron chi connectivity index (χ2n) is 4.18. The summed E-state index contributed by atoms with van der Waals surface area (Å²) in [5, 5.41) is 0. The van der Waals surface area contributed by atoms with E-state index in [0.717, 1.165) is 15.3 Å². The summed E-state index contributed by atoms with van der Waals surface area (Å²) in [6, 6.07) is 0. The summed E-state index contributed by atoms with van der Waals surface area (Å²) in [5.74, 6) is -0.00926. The van der Waals surface area contributed by atoms with Crippen LogP contribution in [-0.4, -0.2) is 0 Å². The Balaban J connectivity index is 3.28. The molecule has 0 atom stereocenters. The number of thiophene rings is 1. The monoisotopic (exact) mass is 186 g/mol. The van der Waals surface area contributed by atoms with Gasteiger partial charge < -0.3 is 0 Å². The average Bonchev–Trinajstić information content (AvgIpc) is 2.15. The fourth-order valence-corrected chi connectivity index (χ4v) is 2.18. The van der Waals surface area contributed by atoms with Crippen LogP contribution in [-0.2, 0) is 5.41 Å². The molecule has 0 spiro atoms. The second kappa shape index (κ2) is 2.84. The summed E-state index contributed by atoms with van der Waals surface area (Å²) in [7, 11) is 0. The summed E-state index contributed by atoms with van der Waals surface area (Å²) < 4.78 is 13.5. The van der Waals surface area contributed by atoms with Gasteiger partial charge in [-0.15, -0.1) is 11.3 Å². The smallest absolute Gasteiger partial charge is 0.140 e. The first kappa shape index (κ1) is 9.72. The lowest BCUT2D eigenvalue weighted by Crippen LogP contribution is -2.10. The van der Waals surface area contributed by atoms with Gasteiger partial charge in [-0.05, 0) is 24.8 Å². The van der Waals surface area contributed by atoms with Gasteiger partial charge in [-0.2, -0.15) is 0 Å². The maximum atomic E-state index is 13.5. The van der Waals surface area contributed by atoms with E-state index in [2.05, 4.69) is 0 Å². The van der Waals surface area contributed by atoms with Gasteiger partial charge in [0.25, 0.3) is 0 Å². The summed E-state index contributed by atoms with van der Waals surface area (Å²) in [6.07, 6.45) is 0. The number of aryl methyl sites for hydroxylation is 1. The maximum absolute atomic E-state index is 13.5. The van der Waals surface area contributed by atoms with E-state index in [0.29, 0.717) is 0 Å². The zero-order valence-electron chi connectivity index (χ0n) is 8.29. The van der Waals surface area contributed by atoms with Crippen molar-refractivity contribution in [3.63, 3.8) is 0 Å². The fraction of sp³-hybridized carbons (Fsp3) is 0.600. The first-order valence-electron chi connectivity index (χ1n) is 4.10. The van der Waals surface area contributed by atoms with Gasteiger partial charge in [0.2, 0.25) is 0 Å². The van der Waals surface area contributed by atoms with Gasteiger partial charge in [0.05, 0.1) is 0 Å². The molecule has 0 saturated carbocycles. The van der Waals surface area contributed by atoms with Gasteiger partial charge in [0.15, 0.2) is 0 Å². The van der Waals surface area contributed by atoms with Crippen molar-refractivity contribution in [2.24, 2.45) is 0 Å². The minimum absolute atomic E-state index is 0.00926. The van der Waals surface area contributed by atoms with E-state index in [4.69, 9.17) is 0 Å². The van der Waals surface area contributed by atoms with E-state index >= 15 is 0 Å². The molecule has 0 amide bonds. The predicted molar refractivity (Wildman–Crippen MR) is 52.5 cm³/mol. The van der Waals surface area contributed by atoms with Crippen LogP contribution in [0, 0.1) is 19.7 Å². The highest BCUT2D eigenvalue weighted by atomic mass is 32.1. The Hall–Kier alpha value is -0.370. The molecule has 0 N–H and O–H groups in total. The van der Waals surface area contributed by atoms with Crippen LogP contribution in [0.25, 0.3) is 0 Å². The second-order valence-corrected chi connectivity index (χ2v) is 5.40. The van der Waals surface area contributed by atoms with Gasteiger partial charge in [-0.25, -0.2) is 4.39 Å². The lowest BCUT2D eigenvalue weighted by Gasteiger charge is -2.15. The molecule has 0 nitrogen and oxygen atoms in total. The molecular formula is C10H15FS. The van der Waals surface area contributed by atoms with Crippen molar-refractivity contribution in [1.82, 2.24) is 0 Å². The van der Waals surface area contributed by atoms with Crippen molar-refractivity contribution < 1.29 is 4.39 Å². The van der Waals surface area contributed by atoms with Crippen LogP contribution >= 0.6 is 11.3 Å². The molecule has 1 heterocycles. The molecule has 0 aromatic carbocycles. The highest BCUT2D eigenvalue weighted by Gasteiger charge is 2.23. The highest BCUT2D eigenvalue weighted by molar-refractivity contribution is 7.12. The Morgan fingerprint density at radius 3 is 1.83 bits per heavy atom. The van der Waals surface area contributed by atoms with Crippen LogP contribution in [0.15, 0.2) is 0 Å². The zero-order valence-corrected chi connectivity index (χ0v) is 9.10. The molecule has 0 aliphatic rings. The van der Waals surface area contributed by atoms with Crippen LogP contribution in [0.2, 0.25) is 0 Å². The molecule has 68 valence electrons. The summed E-state index contributed by atoms with van der Waals surface area (Å²) in [5.41, 5.74) is 0.748. The summed E-state index contributed by atoms with van der Waals surface area (Å²) >= 11 is 1.57. The van der Waals surface area contributed by atoms with Crippen LogP contribution in [0.3, 0.4) is 0 Å². The van der Waals surface area contributed by atoms with E-state index in [9.17, 15) is 4.39 Å². The molecule has 0 bridgehead atoms. The Bertz CT molecular complexity index is 292. The molecule has 1 aromatic heterocycles. The van der Waals surface area contributed by atoms with Gasteiger partial charge in [-0.1, -0.05) is 20.8 Å². The first-order chi connectivity index (χ1) is 5.34. The third-order valence-corrected chi connectivity index (χ3v) is 3.60. The minimum atomic E-state index is -0.0617. The van der Waals surface area contributed by atoms with E-state index in [1.165, 1.54) is 0 Å². The Kier molecular flexibility index (Phi) is 2.30.